The summed E-state index contributed by atoms with van der Waals surface area (Å²) >= 11 is 12.3. The fourth-order valence-corrected chi connectivity index (χ4v) is 4.64. The molecule has 0 bridgehead atoms. The first-order valence-electron chi connectivity index (χ1n) is 12.2. The number of hydrogen-bond acceptors (Lipinski definition) is 5. The van der Waals surface area contributed by atoms with Crippen molar-refractivity contribution in [2.75, 3.05) is 32.8 Å². The summed E-state index contributed by atoms with van der Waals surface area (Å²) in [5.41, 5.74) is 2.77. The van der Waals surface area contributed by atoms with E-state index in [2.05, 4.69) is 9.88 Å². The van der Waals surface area contributed by atoms with Crippen LogP contribution in [0.1, 0.15) is 35.3 Å². The van der Waals surface area contributed by atoms with Crippen LogP contribution in [0.15, 0.2) is 60.9 Å². The molecule has 0 aliphatic carbocycles. The van der Waals surface area contributed by atoms with Crippen molar-refractivity contribution < 1.29 is 14.3 Å². The van der Waals surface area contributed by atoms with E-state index in [-0.39, 0.29) is 12.0 Å². The summed E-state index contributed by atoms with van der Waals surface area (Å²) < 4.78 is 12.0. The monoisotopic (exact) mass is 527 g/mol. The van der Waals surface area contributed by atoms with Crippen molar-refractivity contribution in [1.82, 2.24) is 14.8 Å². The molecule has 36 heavy (non-hydrogen) atoms. The number of benzene rings is 2. The predicted molar refractivity (Wildman–Crippen MR) is 143 cm³/mol. The Morgan fingerprint density at radius 2 is 1.72 bits per heavy atom. The Morgan fingerprint density at radius 3 is 2.42 bits per heavy atom. The van der Waals surface area contributed by atoms with E-state index in [1.165, 1.54) is 5.56 Å². The molecule has 1 aliphatic rings. The quantitative estimate of drug-likeness (QED) is 0.354. The number of nitrogens with zero attached hydrogens (tertiary/aromatic N) is 3. The van der Waals surface area contributed by atoms with Gasteiger partial charge >= 0.3 is 0 Å². The largest absolute Gasteiger partial charge is 0.489 e. The van der Waals surface area contributed by atoms with Crippen molar-refractivity contribution in [3.63, 3.8) is 0 Å². The maximum absolute atomic E-state index is 13.3. The van der Waals surface area contributed by atoms with Crippen LogP contribution in [0.3, 0.4) is 0 Å². The van der Waals surface area contributed by atoms with E-state index >= 15 is 0 Å². The van der Waals surface area contributed by atoms with Gasteiger partial charge in [0.25, 0.3) is 5.91 Å². The molecule has 1 amide bonds. The normalized spacial score (nSPS) is 14.2. The number of amides is 1. The fraction of sp³-hybridized carbons (Fsp3) is 0.357. The highest BCUT2D eigenvalue weighted by Gasteiger charge is 2.23. The van der Waals surface area contributed by atoms with Gasteiger partial charge in [0.2, 0.25) is 0 Å². The van der Waals surface area contributed by atoms with Gasteiger partial charge in [0.15, 0.2) is 11.5 Å². The SMILES string of the molecule is CC(C)Oc1ccc(C(=O)N2CCN(Cc3ccncc3)CC2)cc1OCCc1ccc(Cl)cc1Cl. The van der Waals surface area contributed by atoms with E-state index in [0.29, 0.717) is 53.2 Å². The van der Waals surface area contributed by atoms with Crippen LogP contribution in [0.5, 0.6) is 11.5 Å². The lowest BCUT2D eigenvalue weighted by atomic mass is 10.1. The van der Waals surface area contributed by atoms with E-state index < -0.39 is 0 Å². The first-order valence-corrected chi connectivity index (χ1v) is 12.9. The molecule has 8 heteroatoms. The smallest absolute Gasteiger partial charge is 0.254 e. The summed E-state index contributed by atoms with van der Waals surface area (Å²) in [5.74, 6) is 1.17. The molecule has 1 saturated heterocycles. The van der Waals surface area contributed by atoms with Crippen LogP contribution in [0.25, 0.3) is 0 Å². The molecule has 1 aromatic heterocycles. The molecule has 0 radical (unpaired) electrons. The highest BCUT2D eigenvalue weighted by Crippen LogP contribution is 2.31. The summed E-state index contributed by atoms with van der Waals surface area (Å²) in [5, 5.41) is 1.21. The molecule has 0 N–H and O–H groups in total. The number of ether oxygens (including phenoxy) is 2. The second-order valence-corrected chi connectivity index (χ2v) is 9.93. The van der Waals surface area contributed by atoms with Crippen molar-refractivity contribution in [2.45, 2.75) is 32.9 Å². The number of carbonyl (C=O) groups is 1. The summed E-state index contributed by atoms with van der Waals surface area (Å²) in [6.45, 7) is 8.19. The molecule has 0 spiro atoms. The van der Waals surface area contributed by atoms with Gasteiger partial charge in [0.1, 0.15) is 0 Å². The standard InChI is InChI=1S/C28H31Cl2N3O3/c1-20(2)36-26-6-4-23(17-27(26)35-16-9-22-3-5-24(29)18-25(22)30)28(34)33-14-12-32(13-15-33)19-21-7-10-31-11-8-21/h3-8,10-11,17-18,20H,9,12-16,19H2,1-2H3. The molecule has 0 atom stereocenters. The van der Waals surface area contributed by atoms with Gasteiger partial charge in [-0.05, 0) is 67.4 Å². The highest BCUT2D eigenvalue weighted by atomic mass is 35.5. The predicted octanol–water partition coefficient (Wildman–Crippen LogP) is 5.76. The van der Waals surface area contributed by atoms with E-state index in [9.17, 15) is 4.79 Å². The van der Waals surface area contributed by atoms with Crippen LogP contribution < -0.4 is 9.47 Å². The van der Waals surface area contributed by atoms with Gasteiger partial charge in [-0.2, -0.15) is 0 Å². The molecule has 4 rings (SSSR count). The van der Waals surface area contributed by atoms with E-state index in [1.54, 1.807) is 12.1 Å². The van der Waals surface area contributed by atoms with Crippen LogP contribution in [0.4, 0.5) is 0 Å². The molecule has 190 valence electrons. The Kier molecular flexibility index (Phi) is 9.08. The van der Waals surface area contributed by atoms with E-state index in [4.69, 9.17) is 32.7 Å². The zero-order valence-corrected chi connectivity index (χ0v) is 22.1. The molecule has 2 aromatic carbocycles. The Labute approximate surface area is 222 Å². The minimum atomic E-state index is -0.0203. The first kappa shape index (κ1) is 26.3. The van der Waals surface area contributed by atoms with Gasteiger partial charge in [-0.15, -0.1) is 0 Å². The fourth-order valence-electron chi connectivity index (χ4n) is 4.14. The topological polar surface area (TPSA) is 54.9 Å². The van der Waals surface area contributed by atoms with E-state index in [1.807, 2.05) is 67.5 Å². The Morgan fingerprint density at radius 1 is 0.972 bits per heavy atom. The second kappa shape index (κ2) is 12.4. The van der Waals surface area contributed by atoms with Crippen LogP contribution in [0, 0.1) is 0 Å². The lowest BCUT2D eigenvalue weighted by molar-refractivity contribution is 0.0628. The number of piperazine rings is 1. The molecular weight excluding hydrogens is 497 g/mol. The lowest BCUT2D eigenvalue weighted by Crippen LogP contribution is -2.48. The van der Waals surface area contributed by atoms with Crippen LogP contribution in [0.2, 0.25) is 10.0 Å². The first-order chi connectivity index (χ1) is 17.4. The van der Waals surface area contributed by atoms with Crippen molar-refractivity contribution in [1.29, 1.82) is 0 Å². The van der Waals surface area contributed by atoms with Gasteiger partial charge < -0.3 is 14.4 Å². The highest BCUT2D eigenvalue weighted by molar-refractivity contribution is 6.35. The Bertz CT molecular complexity index is 1170. The molecular formula is C28H31Cl2N3O3. The number of hydrogen-bond donors (Lipinski definition) is 0. The van der Waals surface area contributed by atoms with Gasteiger partial charge in [0.05, 0.1) is 12.7 Å². The minimum absolute atomic E-state index is 0.000235. The average Bonchev–Trinajstić information content (AvgIpc) is 2.86. The maximum atomic E-state index is 13.3. The van der Waals surface area contributed by atoms with Gasteiger partial charge in [0, 0.05) is 67.1 Å². The summed E-state index contributed by atoms with van der Waals surface area (Å²) in [6.07, 6.45) is 4.21. The lowest BCUT2D eigenvalue weighted by Gasteiger charge is -2.34. The summed E-state index contributed by atoms with van der Waals surface area (Å²) in [4.78, 5) is 21.6. The molecule has 2 heterocycles. The average molecular weight is 528 g/mol. The number of halogens is 2. The van der Waals surface area contributed by atoms with E-state index in [0.717, 1.165) is 25.2 Å². The number of aromatic nitrogens is 1. The summed E-state index contributed by atoms with van der Waals surface area (Å²) in [7, 11) is 0. The van der Waals surface area contributed by atoms with Crippen molar-refractivity contribution in [3.8, 4) is 11.5 Å². The zero-order chi connectivity index (χ0) is 25.5. The second-order valence-electron chi connectivity index (χ2n) is 9.09. The third kappa shape index (κ3) is 7.12. The number of rotatable bonds is 9. The molecule has 1 aliphatic heterocycles. The van der Waals surface area contributed by atoms with Gasteiger partial charge in [-0.3, -0.25) is 14.7 Å². The maximum Gasteiger partial charge on any atom is 0.254 e. The van der Waals surface area contributed by atoms with Gasteiger partial charge in [-0.1, -0.05) is 29.3 Å². The number of carbonyl (C=O) groups excluding carboxylic acids is 1. The number of pyridine rings is 1. The van der Waals surface area contributed by atoms with Gasteiger partial charge in [-0.25, -0.2) is 0 Å². The third-order valence-corrected chi connectivity index (χ3v) is 6.60. The molecule has 3 aromatic rings. The molecule has 1 fully saturated rings. The Hall–Kier alpha value is -2.80. The molecule has 6 nitrogen and oxygen atoms in total. The van der Waals surface area contributed by atoms with Crippen LogP contribution in [-0.2, 0) is 13.0 Å². The van der Waals surface area contributed by atoms with Crippen molar-refractivity contribution in [3.05, 3.63) is 87.7 Å². The van der Waals surface area contributed by atoms with Crippen molar-refractivity contribution in [2.24, 2.45) is 0 Å². The zero-order valence-electron chi connectivity index (χ0n) is 20.6. The van der Waals surface area contributed by atoms with Crippen LogP contribution >= 0.6 is 23.2 Å². The molecule has 0 unspecified atom stereocenters. The Balaban J connectivity index is 1.39. The minimum Gasteiger partial charge on any atom is -0.489 e. The van der Waals surface area contributed by atoms with Crippen LogP contribution in [-0.4, -0.2) is 59.6 Å². The molecule has 0 saturated carbocycles. The summed E-state index contributed by atoms with van der Waals surface area (Å²) in [6, 6.07) is 14.9. The van der Waals surface area contributed by atoms with Crippen molar-refractivity contribution >= 4 is 29.1 Å². The third-order valence-electron chi connectivity index (χ3n) is 6.01.